The van der Waals surface area contributed by atoms with Crippen molar-refractivity contribution in [1.29, 1.82) is 0 Å². The first-order valence-corrected chi connectivity index (χ1v) is 15.7. The molecule has 5 rings (SSSR count). The average molecular weight is 662 g/mol. The number of hydrogen-bond donors (Lipinski definition) is 2. The summed E-state index contributed by atoms with van der Waals surface area (Å²) in [4.78, 5) is 29.0. The van der Waals surface area contributed by atoms with Crippen molar-refractivity contribution in [2.75, 3.05) is 26.8 Å². The van der Waals surface area contributed by atoms with E-state index in [1.54, 1.807) is 62.4 Å². The van der Waals surface area contributed by atoms with Gasteiger partial charge in [-0.2, -0.15) is 0 Å². The SMILES string of the molecule is CCOC(=O)C[C@@H](c1ccc(Cl)cc1)N1C(=O)c2cc(C(O)(CC)C3(F)CCNCC3)cc(F)c2C1(OC)c1ccc(Cl)cc1. The van der Waals surface area contributed by atoms with Crippen LogP contribution in [0.4, 0.5) is 8.78 Å². The molecule has 45 heavy (non-hydrogen) atoms. The van der Waals surface area contributed by atoms with Gasteiger partial charge in [-0.05, 0) is 86.8 Å². The van der Waals surface area contributed by atoms with Crippen LogP contribution in [0.2, 0.25) is 10.0 Å². The van der Waals surface area contributed by atoms with Crippen LogP contribution in [0.15, 0.2) is 60.7 Å². The van der Waals surface area contributed by atoms with Crippen LogP contribution < -0.4 is 5.32 Å². The summed E-state index contributed by atoms with van der Waals surface area (Å²) in [5.41, 5.74) is -5.42. The third-order valence-electron chi connectivity index (χ3n) is 9.11. The molecule has 3 aromatic carbocycles. The summed E-state index contributed by atoms with van der Waals surface area (Å²) < 4.78 is 44.7. The number of hydrogen-bond acceptors (Lipinski definition) is 6. The van der Waals surface area contributed by atoms with Gasteiger partial charge in [-0.3, -0.25) is 14.5 Å². The fourth-order valence-electron chi connectivity index (χ4n) is 6.83. The van der Waals surface area contributed by atoms with Crippen LogP contribution in [-0.4, -0.2) is 54.4 Å². The zero-order valence-corrected chi connectivity index (χ0v) is 26.9. The minimum Gasteiger partial charge on any atom is -0.466 e. The Morgan fingerprint density at radius 1 is 1.07 bits per heavy atom. The lowest BCUT2D eigenvalue weighted by atomic mass is 9.71. The summed E-state index contributed by atoms with van der Waals surface area (Å²) >= 11 is 12.4. The van der Waals surface area contributed by atoms with E-state index in [0.717, 1.165) is 6.07 Å². The summed E-state index contributed by atoms with van der Waals surface area (Å²) in [6, 6.07) is 14.5. The van der Waals surface area contributed by atoms with E-state index in [4.69, 9.17) is 32.7 Å². The number of methoxy groups -OCH3 is 1. The van der Waals surface area contributed by atoms with Gasteiger partial charge in [0.2, 0.25) is 0 Å². The Morgan fingerprint density at radius 3 is 2.22 bits per heavy atom. The largest absolute Gasteiger partial charge is 0.466 e. The molecule has 240 valence electrons. The highest BCUT2D eigenvalue weighted by atomic mass is 35.5. The second kappa shape index (κ2) is 13.0. The number of aliphatic hydroxyl groups is 1. The number of alkyl halides is 1. The van der Waals surface area contributed by atoms with Crippen LogP contribution in [0.1, 0.15) is 78.2 Å². The van der Waals surface area contributed by atoms with Gasteiger partial charge in [-0.1, -0.05) is 54.4 Å². The standard InChI is InChI=1S/C34H36Cl2F2N2O5/c1-4-33(43,32(38)14-16-39-17-15-32)23-18-26-30(27(37)19-23)34(44-3,22-8-12-25(36)13-9-22)40(31(26)42)28(20-29(41)45-5-2)21-6-10-24(35)11-7-21/h6-13,18-19,28,39,43H,4-5,14-17,20H2,1-3H3/t28-,33?,34?/m0/s1. The molecule has 3 atom stereocenters. The molecular formula is C34H36Cl2F2N2O5. The van der Waals surface area contributed by atoms with Crippen molar-refractivity contribution in [3.05, 3.63) is 104 Å². The van der Waals surface area contributed by atoms with Gasteiger partial charge >= 0.3 is 5.97 Å². The van der Waals surface area contributed by atoms with Gasteiger partial charge in [-0.25, -0.2) is 8.78 Å². The molecule has 7 nitrogen and oxygen atoms in total. The van der Waals surface area contributed by atoms with Crippen molar-refractivity contribution in [2.24, 2.45) is 0 Å². The van der Waals surface area contributed by atoms with Crippen LogP contribution in [-0.2, 0) is 25.6 Å². The number of carbonyl (C=O) groups excluding carboxylic acids is 2. The van der Waals surface area contributed by atoms with E-state index < -0.39 is 40.7 Å². The van der Waals surface area contributed by atoms with Crippen LogP contribution in [0.5, 0.6) is 0 Å². The zero-order valence-electron chi connectivity index (χ0n) is 25.3. The minimum absolute atomic E-state index is 0.0150. The van der Waals surface area contributed by atoms with Gasteiger partial charge in [0.15, 0.2) is 5.72 Å². The first kappa shape index (κ1) is 33.3. The Kier molecular flexibility index (Phi) is 9.59. The van der Waals surface area contributed by atoms with Gasteiger partial charge in [0.05, 0.1) is 30.2 Å². The maximum Gasteiger partial charge on any atom is 0.308 e. The molecule has 2 heterocycles. The lowest BCUT2D eigenvalue weighted by Crippen LogP contribution is -2.53. The normalized spacial score (nSPS) is 21.2. The van der Waals surface area contributed by atoms with Crippen molar-refractivity contribution in [2.45, 2.75) is 62.6 Å². The van der Waals surface area contributed by atoms with Gasteiger partial charge in [-0.15, -0.1) is 0 Å². The molecule has 2 aliphatic rings. The highest BCUT2D eigenvalue weighted by Gasteiger charge is 2.58. The number of nitrogens with one attached hydrogen (secondary N) is 1. The quantitative estimate of drug-likeness (QED) is 0.232. The molecule has 11 heteroatoms. The van der Waals surface area contributed by atoms with Crippen LogP contribution in [0.3, 0.4) is 0 Å². The Bertz CT molecular complexity index is 1570. The molecule has 2 aliphatic heterocycles. The maximum absolute atomic E-state index is 16.8. The number of nitrogens with zero attached hydrogens (tertiary/aromatic N) is 1. The maximum atomic E-state index is 16.8. The second-order valence-electron chi connectivity index (χ2n) is 11.4. The molecule has 0 saturated carbocycles. The Hall–Kier alpha value is -3.08. The Labute approximate surface area is 271 Å². The minimum atomic E-state index is -2.07. The van der Waals surface area contributed by atoms with E-state index >= 15 is 8.78 Å². The van der Waals surface area contributed by atoms with E-state index in [1.807, 2.05) is 0 Å². The zero-order chi connectivity index (χ0) is 32.6. The van der Waals surface area contributed by atoms with Crippen molar-refractivity contribution < 1.29 is 33.0 Å². The van der Waals surface area contributed by atoms with Crippen molar-refractivity contribution >= 4 is 35.1 Å². The fourth-order valence-corrected chi connectivity index (χ4v) is 7.08. The summed E-state index contributed by atoms with van der Waals surface area (Å²) in [5.74, 6) is -2.14. The van der Waals surface area contributed by atoms with E-state index in [0.29, 0.717) is 34.3 Å². The average Bonchev–Trinajstić information content (AvgIpc) is 3.29. The molecule has 2 unspecified atom stereocenters. The Balaban J connectivity index is 1.78. The first-order valence-electron chi connectivity index (χ1n) is 15.0. The number of fused-ring (bicyclic) bond motifs is 1. The summed E-state index contributed by atoms with van der Waals surface area (Å²) in [5, 5.41) is 15.8. The summed E-state index contributed by atoms with van der Waals surface area (Å²) in [6.07, 6.45) is -0.313. The second-order valence-corrected chi connectivity index (χ2v) is 12.3. The number of halogens is 4. The predicted octanol–water partition coefficient (Wildman–Crippen LogP) is 6.82. The van der Waals surface area contributed by atoms with Crippen LogP contribution in [0.25, 0.3) is 0 Å². The van der Waals surface area contributed by atoms with E-state index in [9.17, 15) is 14.7 Å². The van der Waals surface area contributed by atoms with Crippen molar-refractivity contribution in [3.8, 4) is 0 Å². The molecule has 0 aliphatic carbocycles. The van der Waals surface area contributed by atoms with Crippen molar-refractivity contribution in [3.63, 3.8) is 0 Å². The molecule has 1 fully saturated rings. The number of esters is 1. The Morgan fingerprint density at radius 2 is 1.67 bits per heavy atom. The molecule has 0 radical (unpaired) electrons. The summed E-state index contributed by atoms with van der Waals surface area (Å²) in [7, 11) is 1.34. The number of benzene rings is 3. The number of ether oxygens (including phenoxy) is 2. The molecule has 1 saturated heterocycles. The molecule has 2 N–H and O–H groups in total. The third-order valence-corrected chi connectivity index (χ3v) is 9.61. The number of rotatable bonds is 10. The summed E-state index contributed by atoms with van der Waals surface area (Å²) in [6.45, 7) is 4.11. The number of carbonyl (C=O) groups is 2. The lowest BCUT2D eigenvalue weighted by Gasteiger charge is -2.44. The topological polar surface area (TPSA) is 88.1 Å². The first-order chi connectivity index (χ1) is 21.5. The smallest absolute Gasteiger partial charge is 0.308 e. The van der Waals surface area contributed by atoms with E-state index in [2.05, 4.69) is 5.32 Å². The van der Waals surface area contributed by atoms with E-state index in [-0.39, 0.29) is 49.0 Å². The fraction of sp³-hybridized carbons (Fsp3) is 0.412. The van der Waals surface area contributed by atoms with Gasteiger partial charge < -0.3 is 19.9 Å². The monoisotopic (exact) mass is 660 g/mol. The van der Waals surface area contributed by atoms with Gasteiger partial charge in [0.1, 0.15) is 17.1 Å². The molecule has 3 aromatic rings. The number of piperidine rings is 1. The van der Waals surface area contributed by atoms with Gasteiger partial charge in [0, 0.05) is 22.7 Å². The van der Waals surface area contributed by atoms with Crippen LogP contribution >= 0.6 is 23.2 Å². The molecule has 0 bridgehead atoms. The highest BCUT2D eigenvalue weighted by molar-refractivity contribution is 6.30. The van der Waals surface area contributed by atoms with Crippen LogP contribution in [0, 0.1) is 5.82 Å². The molecular weight excluding hydrogens is 625 g/mol. The lowest BCUT2D eigenvalue weighted by molar-refractivity contribution is -0.148. The number of amides is 1. The van der Waals surface area contributed by atoms with E-state index in [1.165, 1.54) is 18.1 Å². The van der Waals surface area contributed by atoms with Crippen molar-refractivity contribution in [1.82, 2.24) is 10.2 Å². The molecule has 1 amide bonds. The molecule has 0 spiro atoms. The van der Waals surface area contributed by atoms with Gasteiger partial charge in [0.25, 0.3) is 5.91 Å². The highest BCUT2D eigenvalue weighted by Crippen LogP contribution is 2.53. The predicted molar refractivity (Wildman–Crippen MR) is 167 cm³/mol. The molecule has 0 aromatic heterocycles. The third kappa shape index (κ3) is 5.63.